The van der Waals surface area contributed by atoms with Gasteiger partial charge in [0.25, 0.3) is 0 Å². The van der Waals surface area contributed by atoms with Gasteiger partial charge < -0.3 is 10.2 Å². The van der Waals surface area contributed by atoms with Crippen LogP contribution in [0.5, 0.6) is 0 Å². The molecule has 0 bridgehead atoms. The topological polar surface area (TPSA) is 45.2 Å². The van der Waals surface area contributed by atoms with E-state index in [2.05, 4.69) is 37.1 Å². The van der Waals surface area contributed by atoms with Crippen LogP contribution in [-0.4, -0.2) is 28.0 Å². The SMILES string of the molecule is CC(Sc1cccc(NC(=O)N2C(C)CCC2C)c1)c1ccncc1. The fraction of sp³-hybridized carbons (Fsp3) is 0.400. The number of amides is 2. The third kappa shape index (κ3) is 4.34. The predicted molar refractivity (Wildman–Crippen MR) is 104 cm³/mol. The number of carbonyl (C=O) groups excluding carboxylic acids is 1. The standard InChI is InChI=1S/C20H25N3OS/c1-14-7-8-15(2)23(14)20(24)22-18-5-4-6-19(13-18)25-16(3)17-9-11-21-12-10-17/h4-6,9-16H,7-8H2,1-3H3,(H,22,24). The van der Waals surface area contributed by atoms with Gasteiger partial charge in [-0.05, 0) is 69.5 Å². The number of thioether (sulfide) groups is 1. The molecule has 4 nitrogen and oxygen atoms in total. The first-order chi connectivity index (χ1) is 12.0. The minimum Gasteiger partial charge on any atom is -0.319 e. The van der Waals surface area contributed by atoms with Crippen molar-refractivity contribution < 1.29 is 4.79 Å². The number of hydrogen-bond acceptors (Lipinski definition) is 3. The molecule has 0 radical (unpaired) electrons. The second kappa shape index (κ2) is 7.91. The third-order valence-electron chi connectivity index (χ3n) is 4.76. The Hall–Kier alpha value is -2.01. The molecule has 132 valence electrons. The first kappa shape index (κ1) is 17.8. The molecule has 1 N–H and O–H groups in total. The molecule has 1 aromatic carbocycles. The zero-order valence-corrected chi connectivity index (χ0v) is 15.8. The van der Waals surface area contributed by atoms with E-state index in [9.17, 15) is 4.79 Å². The fourth-order valence-corrected chi connectivity index (χ4v) is 4.39. The summed E-state index contributed by atoms with van der Waals surface area (Å²) in [5.41, 5.74) is 2.09. The number of benzene rings is 1. The lowest BCUT2D eigenvalue weighted by atomic mass is 10.2. The van der Waals surface area contributed by atoms with Crippen molar-refractivity contribution in [3.63, 3.8) is 0 Å². The van der Waals surface area contributed by atoms with Gasteiger partial charge in [-0.3, -0.25) is 4.98 Å². The first-order valence-corrected chi connectivity index (χ1v) is 9.68. The number of nitrogens with one attached hydrogen (secondary N) is 1. The van der Waals surface area contributed by atoms with Gasteiger partial charge >= 0.3 is 6.03 Å². The molecule has 25 heavy (non-hydrogen) atoms. The van der Waals surface area contributed by atoms with Crippen molar-refractivity contribution in [3.05, 3.63) is 54.4 Å². The molecule has 0 spiro atoms. The number of aromatic nitrogens is 1. The molecule has 1 aliphatic heterocycles. The highest BCUT2D eigenvalue weighted by atomic mass is 32.2. The van der Waals surface area contributed by atoms with Gasteiger partial charge in [0.2, 0.25) is 0 Å². The van der Waals surface area contributed by atoms with E-state index in [1.54, 1.807) is 11.8 Å². The van der Waals surface area contributed by atoms with E-state index in [4.69, 9.17) is 0 Å². The smallest absolute Gasteiger partial charge is 0.319 e. The number of urea groups is 1. The molecule has 1 saturated heterocycles. The van der Waals surface area contributed by atoms with Gasteiger partial charge in [-0.1, -0.05) is 6.07 Å². The van der Waals surface area contributed by atoms with E-state index < -0.39 is 0 Å². The number of nitrogens with zero attached hydrogens (tertiary/aromatic N) is 2. The van der Waals surface area contributed by atoms with Gasteiger partial charge in [-0.15, -0.1) is 11.8 Å². The summed E-state index contributed by atoms with van der Waals surface area (Å²) < 4.78 is 0. The van der Waals surface area contributed by atoms with E-state index in [-0.39, 0.29) is 6.03 Å². The molecule has 3 rings (SSSR count). The molecule has 1 fully saturated rings. The van der Waals surface area contributed by atoms with Crippen LogP contribution in [0.25, 0.3) is 0 Å². The van der Waals surface area contributed by atoms with Gasteiger partial charge in [0.1, 0.15) is 0 Å². The normalized spacial score (nSPS) is 21.2. The van der Waals surface area contributed by atoms with Gasteiger partial charge in [-0.25, -0.2) is 4.79 Å². The summed E-state index contributed by atoms with van der Waals surface area (Å²) in [7, 11) is 0. The van der Waals surface area contributed by atoms with Crippen LogP contribution in [0.2, 0.25) is 0 Å². The highest BCUT2D eigenvalue weighted by Gasteiger charge is 2.31. The second-order valence-electron chi connectivity index (χ2n) is 6.68. The zero-order valence-electron chi connectivity index (χ0n) is 15.0. The van der Waals surface area contributed by atoms with Gasteiger partial charge in [0.15, 0.2) is 0 Å². The summed E-state index contributed by atoms with van der Waals surface area (Å²) >= 11 is 1.78. The van der Waals surface area contributed by atoms with Gasteiger partial charge in [0, 0.05) is 40.3 Å². The Balaban J connectivity index is 1.66. The molecule has 3 unspecified atom stereocenters. The summed E-state index contributed by atoms with van der Waals surface area (Å²) in [6.45, 7) is 6.41. The van der Waals surface area contributed by atoms with Crippen LogP contribution in [-0.2, 0) is 0 Å². The van der Waals surface area contributed by atoms with Crippen LogP contribution < -0.4 is 5.32 Å². The average Bonchev–Trinajstić information content (AvgIpc) is 2.94. The fourth-order valence-electron chi connectivity index (χ4n) is 3.34. The van der Waals surface area contributed by atoms with Crippen molar-refractivity contribution in [2.24, 2.45) is 0 Å². The maximum Gasteiger partial charge on any atom is 0.322 e. The molecule has 0 aliphatic carbocycles. The van der Waals surface area contributed by atoms with E-state index in [0.717, 1.165) is 23.4 Å². The Labute approximate surface area is 154 Å². The summed E-state index contributed by atoms with van der Waals surface area (Å²) in [5.74, 6) is 0. The van der Waals surface area contributed by atoms with Gasteiger partial charge in [0.05, 0.1) is 0 Å². The lowest BCUT2D eigenvalue weighted by Gasteiger charge is -2.26. The van der Waals surface area contributed by atoms with Crippen LogP contribution in [0.1, 0.15) is 44.4 Å². The minimum atomic E-state index is 0.00170. The highest BCUT2D eigenvalue weighted by Crippen LogP contribution is 2.35. The van der Waals surface area contributed by atoms with Crippen molar-refractivity contribution >= 4 is 23.5 Å². The quantitative estimate of drug-likeness (QED) is 0.753. The molecule has 2 aromatic rings. The number of carbonyl (C=O) groups is 1. The predicted octanol–water partition coefficient (Wildman–Crippen LogP) is 5.34. The average molecular weight is 356 g/mol. The molecular weight excluding hydrogens is 330 g/mol. The van der Waals surface area contributed by atoms with Crippen LogP contribution in [0.4, 0.5) is 10.5 Å². The van der Waals surface area contributed by atoms with Crippen LogP contribution in [0.15, 0.2) is 53.7 Å². The second-order valence-corrected chi connectivity index (χ2v) is 8.10. The Kier molecular flexibility index (Phi) is 5.63. The molecule has 5 heteroatoms. The van der Waals surface area contributed by atoms with E-state index in [0.29, 0.717) is 17.3 Å². The minimum absolute atomic E-state index is 0.00170. The van der Waals surface area contributed by atoms with Crippen molar-refractivity contribution in [1.82, 2.24) is 9.88 Å². The summed E-state index contributed by atoms with van der Waals surface area (Å²) in [6.07, 6.45) is 5.80. The van der Waals surface area contributed by atoms with Crippen molar-refractivity contribution in [3.8, 4) is 0 Å². The molecule has 2 heterocycles. The molecule has 3 atom stereocenters. The van der Waals surface area contributed by atoms with E-state index in [1.165, 1.54) is 5.56 Å². The molecule has 1 aliphatic rings. The van der Waals surface area contributed by atoms with Crippen LogP contribution >= 0.6 is 11.8 Å². The number of likely N-dealkylation sites (tertiary alicyclic amines) is 1. The maximum absolute atomic E-state index is 12.6. The Morgan fingerprint density at radius 3 is 2.56 bits per heavy atom. The van der Waals surface area contributed by atoms with Crippen LogP contribution in [0.3, 0.4) is 0 Å². The van der Waals surface area contributed by atoms with Crippen LogP contribution in [0, 0.1) is 0 Å². The number of rotatable bonds is 4. The maximum atomic E-state index is 12.6. The Morgan fingerprint density at radius 1 is 1.20 bits per heavy atom. The van der Waals surface area contributed by atoms with Crippen molar-refractivity contribution in [1.29, 1.82) is 0 Å². The monoisotopic (exact) mass is 355 g/mol. The summed E-state index contributed by atoms with van der Waals surface area (Å²) in [5, 5.41) is 3.39. The molecule has 2 amide bonds. The Morgan fingerprint density at radius 2 is 1.88 bits per heavy atom. The van der Waals surface area contributed by atoms with Gasteiger partial charge in [-0.2, -0.15) is 0 Å². The molecule has 1 aromatic heterocycles. The number of anilines is 1. The summed E-state index contributed by atoms with van der Waals surface area (Å²) in [6, 6.07) is 12.8. The number of hydrogen-bond donors (Lipinski definition) is 1. The Bertz CT molecular complexity index is 712. The lowest BCUT2D eigenvalue weighted by molar-refractivity contribution is 0.194. The highest BCUT2D eigenvalue weighted by molar-refractivity contribution is 7.99. The zero-order chi connectivity index (χ0) is 17.8. The lowest BCUT2D eigenvalue weighted by Crippen LogP contribution is -2.41. The van der Waals surface area contributed by atoms with E-state index in [1.807, 2.05) is 47.6 Å². The molecular formula is C20H25N3OS. The van der Waals surface area contributed by atoms with E-state index >= 15 is 0 Å². The van der Waals surface area contributed by atoms with Crippen molar-refractivity contribution in [2.45, 2.75) is 55.8 Å². The van der Waals surface area contributed by atoms with Crippen molar-refractivity contribution in [2.75, 3.05) is 5.32 Å². The number of pyridine rings is 1. The summed E-state index contributed by atoms with van der Waals surface area (Å²) in [4.78, 5) is 19.8. The largest absolute Gasteiger partial charge is 0.322 e. The molecule has 0 saturated carbocycles. The first-order valence-electron chi connectivity index (χ1n) is 8.80. The third-order valence-corrected chi connectivity index (χ3v) is 5.91.